The van der Waals surface area contributed by atoms with Crippen LogP contribution in [0.15, 0.2) is 33.5 Å². The molecule has 0 saturated heterocycles. The van der Waals surface area contributed by atoms with Crippen LogP contribution in [0.2, 0.25) is 0 Å². The van der Waals surface area contributed by atoms with Gasteiger partial charge in [0.25, 0.3) is 0 Å². The SMILES string of the molecule is CCCc1oc2ccccc2c(=O)c1CCC. The van der Waals surface area contributed by atoms with E-state index in [1.165, 1.54) is 0 Å². The van der Waals surface area contributed by atoms with Gasteiger partial charge in [0.1, 0.15) is 11.3 Å². The number of rotatable bonds is 4. The van der Waals surface area contributed by atoms with E-state index in [1.807, 2.05) is 24.3 Å². The number of hydrogen-bond acceptors (Lipinski definition) is 2. The van der Waals surface area contributed by atoms with Gasteiger partial charge in [-0.3, -0.25) is 4.79 Å². The van der Waals surface area contributed by atoms with E-state index in [9.17, 15) is 4.79 Å². The maximum atomic E-state index is 12.4. The number of fused-ring (bicyclic) bond motifs is 1. The molecule has 2 nitrogen and oxygen atoms in total. The van der Waals surface area contributed by atoms with E-state index in [1.54, 1.807) is 0 Å². The Morgan fingerprint density at radius 3 is 2.47 bits per heavy atom. The molecule has 0 aliphatic rings. The molecule has 90 valence electrons. The third-order valence-corrected chi connectivity index (χ3v) is 2.95. The van der Waals surface area contributed by atoms with Crippen LogP contribution in [0.3, 0.4) is 0 Å². The fourth-order valence-corrected chi connectivity index (χ4v) is 2.16. The van der Waals surface area contributed by atoms with Gasteiger partial charge in [0.05, 0.1) is 5.39 Å². The molecule has 0 spiro atoms. The van der Waals surface area contributed by atoms with Crippen LogP contribution in [0.25, 0.3) is 11.0 Å². The third-order valence-electron chi connectivity index (χ3n) is 2.95. The van der Waals surface area contributed by atoms with Crippen molar-refractivity contribution < 1.29 is 4.42 Å². The van der Waals surface area contributed by atoms with E-state index in [4.69, 9.17) is 4.42 Å². The Bertz CT molecular complexity index is 567. The second-order valence-corrected chi connectivity index (χ2v) is 4.33. The van der Waals surface area contributed by atoms with E-state index in [-0.39, 0.29) is 5.43 Å². The first kappa shape index (κ1) is 11.9. The van der Waals surface area contributed by atoms with Crippen LogP contribution in [-0.4, -0.2) is 0 Å². The quantitative estimate of drug-likeness (QED) is 0.801. The molecule has 2 aromatic rings. The molecular weight excluding hydrogens is 212 g/mol. The molecule has 0 atom stereocenters. The smallest absolute Gasteiger partial charge is 0.196 e. The molecule has 1 aromatic heterocycles. The van der Waals surface area contributed by atoms with E-state index < -0.39 is 0 Å². The number of hydrogen-bond donors (Lipinski definition) is 0. The van der Waals surface area contributed by atoms with Crippen molar-refractivity contribution in [1.29, 1.82) is 0 Å². The number of benzene rings is 1. The van der Waals surface area contributed by atoms with Gasteiger partial charge < -0.3 is 4.42 Å². The summed E-state index contributed by atoms with van der Waals surface area (Å²) in [4.78, 5) is 12.4. The molecule has 0 aliphatic carbocycles. The summed E-state index contributed by atoms with van der Waals surface area (Å²) in [5.41, 5.74) is 1.73. The first-order chi connectivity index (χ1) is 8.27. The van der Waals surface area contributed by atoms with Gasteiger partial charge >= 0.3 is 0 Å². The molecule has 0 unspecified atom stereocenters. The molecule has 2 rings (SSSR count). The van der Waals surface area contributed by atoms with Crippen molar-refractivity contribution in [2.24, 2.45) is 0 Å². The van der Waals surface area contributed by atoms with E-state index in [2.05, 4.69) is 13.8 Å². The van der Waals surface area contributed by atoms with Crippen molar-refractivity contribution in [3.63, 3.8) is 0 Å². The molecule has 0 fully saturated rings. The Morgan fingerprint density at radius 1 is 1.06 bits per heavy atom. The number of para-hydroxylation sites is 1. The summed E-state index contributed by atoms with van der Waals surface area (Å²) in [5, 5.41) is 0.704. The van der Waals surface area contributed by atoms with E-state index in [0.29, 0.717) is 11.0 Å². The first-order valence-corrected chi connectivity index (χ1v) is 6.31. The van der Waals surface area contributed by atoms with Crippen molar-refractivity contribution in [2.75, 3.05) is 0 Å². The van der Waals surface area contributed by atoms with Gasteiger partial charge in [-0.25, -0.2) is 0 Å². The molecule has 1 heterocycles. The van der Waals surface area contributed by atoms with Gasteiger partial charge in [-0.2, -0.15) is 0 Å². The van der Waals surface area contributed by atoms with Gasteiger partial charge in [-0.1, -0.05) is 32.4 Å². The van der Waals surface area contributed by atoms with Crippen molar-refractivity contribution in [3.8, 4) is 0 Å². The fourth-order valence-electron chi connectivity index (χ4n) is 2.16. The van der Waals surface area contributed by atoms with Crippen LogP contribution in [0.1, 0.15) is 38.0 Å². The Hall–Kier alpha value is -1.57. The zero-order valence-electron chi connectivity index (χ0n) is 10.5. The van der Waals surface area contributed by atoms with Gasteiger partial charge in [-0.05, 0) is 25.0 Å². The van der Waals surface area contributed by atoms with Gasteiger partial charge in [0, 0.05) is 12.0 Å². The highest BCUT2D eigenvalue weighted by atomic mass is 16.3. The lowest BCUT2D eigenvalue weighted by Gasteiger charge is -2.08. The molecule has 0 aliphatic heterocycles. The van der Waals surface area contributed by atoms with E-state index >= 15 is 0 Å². The molecule has 0 bridgehead atoms. The summed E-state index contributed by atoms with van der Waals surface area (Å²) in [6.07, 6.45) is 3.62. The number of aryl methyl sites for hydroxylation is 1. The molecule has 0 saturated carbocycles. The fraction of sp³-hybridized carbons (Fsp3) is 0.400. The topological polar surface area (TPSA) is 30.2 Å². The largest absolute Gasteiger partial charge is 0.461 e. The van der Waals surface area contributed by atoms with Crippen LogP contribution < -0.4 is 5.43 Å². The third kappa shape index (κ3) is 2.26. The van der Waals surface area contributed by atoms with Crippen molar-refractivity contribution in [3.05, 3.63) is 45.8 Å². The van der Waals surface area contributed by atoms with Crippen LogP contribution in [0.4, 0.5) is 0 Å². The summed E-state index contributed by atoms with van der Waals surface area (Å²) in [7, 11) is 0. The normalized spacial score (nSPS) is 10.9. The van der Waals surface area contributed by atoms with Gasteiger partial charge in [-0.15, -0.1) is 0 Å². The summed E-state index contributed by atoms with van der Waals surface area (Å²) in [6.45, 7) is 4.19. The highest BCUT2D eigenvalue weighted by Crippen LogP contribution is 2.17. The molecule has 0 amide bonds. The van der Waals surface area contributed by atoms with E-state index in [0.717, 1.165) is 37.0 Å². The van der Waals surface area contributed by atoms with Crippen LogP contribution in [-0.2, 0) is 12.8 Å². The summed E-state index contributed by atoms with van der Waals surface area (Å²) in [6, 6.07) is 7.50. The van der Waals surface area contributed by atoms with Crippen molar-refractivity contribution in [1.82, 2.24) is 0 Å². The Morgan fingerprint density at radius 2 is 1.76 bits per heavy atom. The minimum Gasteiger partial charge on any atom is -0.461 e. The first-order valence-electron chi connectivity index (χ1n) is 6.31. The monoisotopic (exact) mass is 230 g/mol. The lowest BCUT2D eigenvalue weighted by molar-refractivity contribution is 0.520. The molecular formula is C15H18O2. The maximum absolute atomic E-state index is 12.4. The highest BCUT2D eigenvalue weighted by Gasteiger charge is 2.12. The van der Waals surface area contributed by atoms with Crippen molar-refractivity contribution in [2.45, 2.75) is 39.5 Å². The lowest BCUT2D eigenvalue weighted by atomic mass is 10.0. The maximum Gasteiger partial charge on any atom is 0.196 e. The standard InChI is InChI=1S/C15H18O2/c1-3-7-11-13(8-4-2)17-14-10-6-5-9-12(14)15(11)16/h5-6,9-10H,3-4,7-8H2,1-2H3. The highest BCUT2D eigenvalue weighted by molar-refractivity contribution is 5.77. The van der Waals surface area contributed by atoms with Gasteiger partial charge in [0.15, 0.2) is 5.43 Å². The minimum atomic E-state index is 0.150. The molecule has 17 heavy (non-hydrogen) atoms. The summed E-state index contributed by atoms with van der Waals surface area (Å²) < 4.78 is 5.87. The lowest BCUT2D eigenvalue weighted by Crippen LogP contribution is -2.12. The summed E-state index contributed by atoms with van der Waals surface area (Å²) in [5.74, 6) is 0.873. The molecule has 2 heteroatoms. The van der Waals surface area contributed by atoms with Crippen molar-refractivity contribution >= 4 is 11.0 Å². The molecule has 0 radical (unpaired) electrons. The second kappa shape index (κ2) is 5.17. The minimum absolute atomic E-state index is 0.150. The predicted octanol–water partition coefficient (Wildman–Crippen LogP) is 3.70. The van der Waals surface area contributed by atoms with Crippen LogP contribution >= 0.6 is 0 Å². The Kier molecular flexibility index (Phi) is 3.62. The summed E-state index contributed by atoms with van der Waals surface area (Å²) >= 11 is 0. The average Bonchev–Trinajstić information content (AvgIpc) is 2.34. The predicted molar refractivity (Wildman–Crippen MR) is 70.5 cm³/mol. The van der Waals surface area contributed by atoms with Gasteiger partial charge in [0.2, 0.25) is 0 Å². The Balaban J connectivity index is 2.69. The van der Waals surface area contributed by atoms with Crippen LogP contribution in [0, 0.1) is 0 Å². The van der Waals surface area contributed by atoms with Crippen LogP contribution in [0.5, 0.6) is 0 Å². The average molecular weight is 230 g/mol. The second-order valence-electron chi connectivity index (χ2n) is 4.33. The zero-order chi connectivity index (χ0) is 12.3. The zero-order valence-corrected chi connectivity index (χ0v) is 10.5. The molecule has 1 aromatic carbocycles. The Labute approximate surface area is 101 Å². The molecule has 0 N–H and O–H groups in total.